The molecule has 3 unspecified atom stereocenters. The van der Waals surface area contributed by atoms with Crippen molar-refractivity contribution in [3.05, 3.63) is 23.8 Å². The maximum absolute atomic E-state index is 10.6. The van der Waals surface area contributed by atoms with Crippen LogP contribution in [0, 0.1) is 5.92 Å². The van der Waals surface area contributed by atoms with Crippen LogP contribution in [-0.2, 0) is 0 Å². The Morgan fingerprint density at radius 3 is 3.00 bits per heavy atom. The van der Waals surface area contributed by atoms with Crippen molar-refractivity contribution in [2.24, 2.45) is 5.92 Å². The quantitative estimate of drug-likeness (QED) is 0.891. The highest BCUT2D eigenvalue weighted by Crippen LogP contribution is 2.50. The second kappa shape index (κ2) is 5.28. The summed E-state index contributed by atoms with van der Waals surface area (Å²) in [4.78, 5) is 0. The van der Waals surface area contributed by atoms with Gasteiger partial charge in [0.1, 0.15) is 17.1 Å². The van der Waals surface area contributed by atoms with Crippen LogP contribution < -0.4 is 9.47 Å². The van der Waals surface area contributed by atoms with Gasteiger partial charge in [0.2, 0.25) is 0 Å². The van der Waals surface area contributed by atoms with E-state index in [1.807, 2.05) is 18.2 Å². The molecule has 1 saturated carbocycles. The Morgan fingerprint density at radius 2 is 2.25 bits per heavy atom. The van der Waals surface area contributed by atoms with Crippen LogP contribution >= 0.6 is 0 Å². The highest BCUT2D eigenvalue weighted by atomic mass is 16.5. The van der Waals surface area contributed by atoms with E-state index >= 15 is 0 Å². The Balaban J connectivity index is 1.95. The van der Waals surface area contributed by atoms with Crippen molar-refractivity contribution in [2.75, 3.05) is 7.11 Å². The fourth-order valence-corrected chi connectivity index (χ4v) is 3.97. The zero-order valence-corrected chi connectivity index (χ0v) is 12.4. The minimum absolute atomic E-state index is 0.159. The summed E-state index contributed by atoms with van der Waals surface area (Å²) in [6.07, 6.45) is 6.16. The Hall–Kier alpha value is -1.22. The van der Waals surface area contributed by atoms with Crippen molar-refractivity contribution >= 4 is 0 Å². The molecule has 3 atom stereocenters. The third-order valence-electron chi connectivity index (χ3n) is 5.07. The van der Waals surface area contributed by atoms with Crippen molar-refractivity contribution in [2.45, 2.75) is 57.2 Å². The first-order chi connectivity index (χ1) is 9.68. The first-order valence-corrected chi connectivity index (χ1v) is 7.73. The molecule has 0 radical (unpaired) electrons. The molecule has 1 aliphatic carbocycles. The second-order valence-corrected chi connectivity index (χ2v) is 6.14. The molecular formula is C17H24O3. The number of aliphatic hydroxyl groups is 1. The van der Waals surface area contributed by atoms with Gasteiger partial charge in [0.25, 0.3) is 0 Å². The van der Waals surface area contributed by atoms with E-state index < -0.39 is 6.10 Å². The van der Waals surface area contributed by atoms with E-state index in [9.17, 15) is 5.11 Å². The van der Waals surface area contributed by atoms with Crippen LogP contribution in [0.2, 0.25) is 0 Å². The molecule has 1 heterocycles. The number of ether oxygens (including phenoxy) is 2. The lowest BCUT2D eigenvalue weighted by molar-refractivity contribution is -0.0782. The molecular weight excluding hydrogens is 252 g/mol. The van der Waals surface area contributed by atoms with Gasteiger partial charge in [-0.3, -0.25) is 0 Å². The van der Waals surface area contributed by atoms with Gasteiger partial charge in [-0.05, 0) is 49.8 Å². The number of hydrogen-bond acceptors (Lipinski definition) is 3. The minimum Gasteiger partial charge on any atom is -0.497 e. The summed E-state index contributed by atoms with van der Waals surface area (Å²) in [5.74, 6) is 2.17. The summed E-state index contributed by atoms with van der Waals surface area (Å²) >= 11 is 0. The van der Waals surface area contributed by atoms with Crippen LogP contribution in [0.5, 0.6) is 11.5 Å². The van der Waals surface area contributed by atoms with Crippen LogP contribution in [0.15, 0.2) is 18.2 Å². The third-order valence-corrected chi connectivity index (χ3v) is 5.07. The van der Waals surface area contributed by atoms with Crippen LogP contribution in [0.25, 0.3) is 0 Å². The van der Waals surface area contributed by atoms with Gasteiger partial charge in [-0.2, -0.15) is 0 Å². The molecule has 1 spiro atoms. The Bertz CT molecular complexity index is 485. The summed E-state index contributed by atoms with van der Waals surface area (Å²) < 4.78 is 11.7. The number of rotatable bonds is 2. The molecule has 2 aliphatic rings. The monoisotopic (exact) mass is 276 g/mol. The van der Waals surface area contributed by atoms with E-state index in [1.54, 1.807) is 7.11 Å². The molecule has 3 heteroatoms. The number of hydrogen-bond donors (Lipinski definition) is 1. The summed E-state index contributed by atoms with van der Waals surface area (Å²) in [6, 6.07) is 5.75. The molecule has 0 aromatic heterocycles. The topological polar surface area (TPSA) is 38.7 Å². The standard InChI is InChI=1S/C17H24O3/c1-3-12-6-4-5-9-17(12)11-15(18)14-10-13(19-2)7-8-16(14)20-17/h7-8,10,12,15,18H,3-6,9,11H2,1-2H3. The normalized spacial score (nSPS) is 32.5. The van der Waals surface area contributed by atoms with Crippen LogP contribution in [-0.4, -0.2) is 17.8 Å². The Labute approximate surface area is 120 Å². The van der Waals surface area contributed by atoms with Gasteiger partial charge in [0.15, 0.2) is 0 Å². The SMILES string of the molecule is CCC1CCCCC12CC(O)c1cc(OC)ccc1O2. The van der Waals surface area contributed by atoms with Crippen LogP contribution in [0.3, 0.4) is 0 Å². The highest BCUT2D eigenvalue weighted by molar-refractivity contribution is 5.43. The van der Waals surface area contributed by atoms with Gasteiger partial charge in [-0.25, -0.2) is 0 Å². The summed E-state index contributed by atoms with van der Waals surface area (Å²) in [5.41, 5.74) is 0.712. The van der Waals surface area contributed by atoms with Gasteiger partial charge in [-0.1, -0.05) is 13.3 Å². The van der Waals surface area contributed by atoms with Crippen molar-refractivity contribution < 1.29 is 14.6 Å². The molecule has 110 valence electrons. The van der Waals surface area contributed by atoms with E-state index in [-0.39, 0.29) is 5.60 Å². The lowest BCUT2D eigenvalue weighted by Gasteiger charge is -2.48. The highest BCUT2D eigenvalue weighted by Gasteiger charge is 2.46. The third kappa shape index (κ3) is 2.18. The molecule has 1 aromatic rings. The number of methoxy groups -OCH3 is 1. The molecule has 0 saturated heterocycles. The van der Waals surface area contributed by atoms with E-state index in [2.05, 4.69) is 6.92 Å². The first-order valence-electron chi connectivity index (χ1n) is 7.73. The maximum Gasteiger partial charge on any atom is 0.126 e. The summed E-state index contributed by atoms with van der Waals surface area (Å²) in [6.45, 7) is 2.23. The molecule has 1 aliphatic heterocycles. The van der Waals surface area contributed by atoms with Crippen molar-refractivity contribution in [1.82, 2.24) is 0 Å². The van der Waals surface area contributed by atoms with Crippen LogP contribution in [0.1, 0.15) is 57.1 Å². The fraction of sp³-hybridized carbons (Fsp3) is 0.647. The Morgan fingerprint density at radius 1 is 1.40 bits per heavy atom. The molecule has 0 bridgehead atoms. The molecule has 20 heavy (non-hydrogen) atoms. The second-order valence-electron chi connectivity index (χ2n) is 6.14. The average molecular weight is 276 g/mol. The zero-order chi connectivity index (χ0) is 14.2. The lowest BCUT2D eigenvalue weighted by atomic mass is 9.69. The molecule has 1 N–H and O–H groups in total. The molecule has 1 aromatic carbocycles. The van der Waals surface area contributed by atoms with Gasteiger partial charge in [-0.15, -0.1) is 0 Å². The zero-order valence-electron chi connectivity index (χ0n) is 12.4. The average Bonchev–Trinajstić information content (AvgIpc) is 2.47. The summed E-state index contributed by atoms with van der Waals surface area (Å²) in [7, 11) is 1.65. The molecule has 1 fully saturated rings. The number of benzene rings is 1. The van der Waals surface area contributed by atoms with E-state index in [1.165, 1.54) is 19.3 Å². The largest absolute Gasteiger partial charge is 0.497 e. The maximum atomic E-state index is 10.6. The predicted octanol–water partition coefficient (Wildman–Crippen LogP) is 3.85. The van der Waals surface area contributed by atoms with Crippen molar-refractivity contribution in [1.29, 1.82) is 0 Å². The lowest BCUT2D eigenvalue weighted by Crippen LogP contribution is -2.49. The van der Waals surface area contributed by atoms with Gasteiger partial charge < -0.3 is 14.6 Å². The Kier molecular flexibility index (Phi) is 3.63. The predicted molar refractivity (Wildman–Crippen MR) is 78.2 cm³/mol. The van der Waals surface area contributed by atoms with Gasteiger partial charge in [0.05, 0.1) is 13.2 Å². The van der Waals surface area contributed by atoms with Crippen molar-refractivity contribution in [3.8, 4) is 11.5 Å². The smallest absolute Gasteiger partial charge is 0.126 e. The van der Waals surface area contributed by atoms with E-state index in [4.69, 9.17) is 9.47 Å². The van der Waals surface area contributed by atoms with Crippen molar-refractivity contribution in [3.63, 3.8) is 0 Å². The fourth-order valence-electron chi connectivity index (χ4n) is 3.97. The van der Waals surface area contributed by atoms with E-state index in [0.717, 1.165) is 29.9 Å². The number of fused-ring (bicyclic) bond motifs is 1. The number of aliphatic hydroxyl groups excluding tert-OH is 1. The molecule has 3 nitrogen and oxygen atoms in total. The molecule has 0 amide bonds. The summed E-state index contributed by atoms with van der Waals surface area (Å²) in [5, 5.41) is 10.6. The minimum atomic E-state index is -0.444. The van der Waals surface area contributed by atoms with Gasteiger partial charge in [0, 0.05) is 12.0 Å². The van der Waals surface area contributed by atoms with Gasteiger partial charge >= 0.3 is 0 Å². The first kappa shape index (κ1) is 13.7. The molecule has 3 rings (SSSR count). The van der Waals surface area contributed by atoms with E-state index in [0.29, 0.717) is 12.3 Å². The van der Waals surface area contributed by atoms with Crippen LogP contribution in [0.4, 0.5) is 0 Å².